The Morgan fingerprint density at radius 2 is 1.77 bits per heavy atom. The molecule has 0 unspecified atom stereocenters. The molecule has 0 saturated carbocycles. The average Bonchev–Trinajstić information content (AvgIpc) is 2.80. The van der Waals surface area contributed by atoms with Gasteiger partial charge in [0.25, 0.3) is 0 Å². The third-order valence-electron chi connectivity index (χ3n) is 5.57. The number of carbonyl (C=O) groups is 1. The van der Waals surface area contributed by atoms with Crippen molar-refractivity contribution in [1.29, 1.82) is 0 Å². The van der Waals surface area contributed by atoms with Gasteiger partial charge in [0.2, 0.25) is 5.43 Å². The van der Waals surface area contributed by atoms with Crippen molar-refractivity contribution in [3.05, 3.63) is 70.0 Å². The lowest BCUT2D eigenvalue weighted by Gasteiger charge is -2.36. The summed E-state index contributed by atoms with van der Waals surface area (Å²) in [5, 5.41) is 0.507. The summed E-state index contributed by atoms with van der Waals surface area (Å²) in [6.45, 7) is 4.50. The maximum Gasteiger partial charge on any atom is 0.343 e. The van der Waals surface area contributed by atoms with Gasteiger partial charge in [0.15, 0.2) is 0 Å². The normalized spacial score (nSPS) is 14.7. The summed E-state index contributed by atoms with van der Waals surface area (Å²) >= 11 is 0. The average molecular weight is 407 g/mol. The van der Waals surface area contributed by atoms with Crippen LogP contribution in [0.4, 0.5) is 5.69 Å². The van der Waals surface area contributed by atoms with E-state index < -0.39 is 5.97 Å². The van der Waals surface area contributed by atoms with E-state index in [0.717, 1.165) is 44.0 Å². The van der Waals surface area contributed by atoms with Gasteiger partial charge in [-0.25, -0.2) is 4.79 Å². The van der Waals surface area contributed by atoms with Gasteiger partial charge in [-0.15, -0.1) is 0 Å². The van der Waals surface area contributed by atoms with E-state index in [1.165, 1.54) is 19.0 Å². The summed E-state index contributed by atoms with van der Waals surface area (Å²) < 4.78 is 9.93. The first-order chi connectivity index (χ1) is 14.6. The molecule has 1 N–H and O–H groups in total. The number of fused-ring (bicyclic) bond motifs is 1. The van der Waals surface area contributed by atoms with Gasteiger partial charge < -0.3 is 19.4 Å². The number of aromatic amines is 1. The molecule has 4 rings (SSSR count). The highest BCUT2D eigenvalue weighted by molar-refractivity contribution is 5.93. The summed E-state index contributed by atoms with van der Waals surface area (Å²) in [6.07, 6.45) is 1.41. The second-order valence-electron chi connectivity index (χ2n) is 7.36. The zero-order chi connectivity index (χ0) is 21.1. The first kappa shape index (κ1) is 20.0. The number of methoxy groups -OCH3 is 2. The van der Waals surface area contributed by atoms with Crippen molar-refractivity contribution in [3.8, 4) is 5.75 Å². The second kappa shape index (κ2) is 8.59. The number of hydrogen-bond acceptors (Lipinski definition) is 6. The number of esters is 1. The summed E-state index contributed by atoms with van der Waals surface area (Å²) in [5.74, 6) is 0.234. The minimum atomic E-state index is -0.627. The van der Waals surface area contributed by atoms with Crippen LogP contribution in [0.1, 0.15) is 15.9 Å². The predicted octanol–water partition coefficient (Wildman–Crippen LogP) is 2.65. The number of H-pyrrole nitrogens is 1. The van der Waals surface area contributed by atoms with Crippen LogP contribution >= 0.6 is 0 Å². The molecule has 1 aromatic heterocycles. The molecule has 2 aromatic carbocycles. The maximum absolute atomic E-state index is 12.7. The minimum Gasteiger partial charge on any atom is -0.497 e. The van der Waals surface area contributed by atoms with E-state index in [4.69, 9.17) is 9.47 Å². The predicted molar refractivity (Wildman–Crippen MR) is 116 cm³/mol. The van der Waals surface area contributed by atoms with E-state index in [2.05, 4.69) is 26.9 Å². The summed E-state index contributed by atoms with van der Waals surface area (Å²) in [7, 11) is 2.94. The van der Waals surface area contributed by atoms with E-state index in [1.807, 2.05) is 30.3 Å². The monoisotopic (exact) mass is 407 g/mol. The van der Waals surface area contributed by atoms with Crippen LogP contribution in [0, 0.1) is 0 Å². The number of carbonyl (C=O) groups excluding carboxylic acids is 1. The molecule has 1 saturated heterocycles. The Morgan fingerprint density at radius 3 is 2.43 bits per heavy atom. The van der Waals surface area contributed by atoms with E-state index in [9.17, 15) is 9.59 Å². The van der Waals surface area contributed by atoms with Gasteiger partial charge in [-0.2, -0.15) is 0 Å². The van der Waals surface area contributed by atoms with E-state index in [0.29, 0.717) is 10.9 Å². The van der Waals surface area contributed by atoms with E-state index >= 15 is 0 Å². The molecule has 3 aromatic rings. The van der Waals surface area contributed by atoms with E-state index in [1.54, 1.807) is 7.11 Å². The molecule has 0 aliphatic carbocycles. The molecule has 30 heavy (non-hydrogen) atoms. The molecule has 1 aliphatic heterocycles. The first-order valence-electron chi connectivity index (χ1n) is 9.93. The van der Waals surface area contributed by atoms with Gasteiger partial charge in [0.05, 0.1) is 14.2 Å². The number of hydrogen-bond donors (Lipinski definition) is 1. The number of nitrogens with one attached hydrogen (secondary N) is 1. The molecule has 2 heterocycles. The van der Waals surface area contributed by atoms with Crippen LogP contribution in [0.2, 0.25) is 0 Å². The Balaban J connectivity index is 1.45. The number of nitrogens with zero attached hydrogens (tertiary/aromatic N) is 2. The smallest absolute Gasteiger partial charge is 0.343 e. The van der Waals surface area contributed by atoms with Crippen LogP contribution < -0.4 is 15.1 Å². The van der Waals surface area contributed by atoms with Crippen molar-refractivity contribution in [2.75, 3.05) is 45.3 Å². The summed E-state index contributed by atoms with van der Waals surface area (Å²) in [6, 6.07) is 13.9. The van der Waals surface area contributed by atoms with Crippen LogP contribution in [0.15, 0.2) is 53.5 Å². The largest absolute Gasteiger partial charge is 0.497 e. The zero-order valence-electron chi connectivity index (χ0n) is 17.2. The molecular formula is C23H25N3O4. The number of aromatic nitrogens is 1. The fourth-order valence-corrected chi connectivity index (χ4v) is 3.84. The molecule has 1 aliphatic rings. The Kier molecular flexibility index (Phi) is 5.72. The number of piperazine rings is 1. The summed E-state index contributed by atoms with van der Waals surface area (Å²) in [4.78, 5) is 32.2. The Morgan fingerprint density at radius 1 is 1.03 bits per heavy atom. The minimum absolute atomic E-state index is 0.0234. The molecular weight excluding hydrogens is 382 g/mol. The fourth-order valence-electron chi connectivity index (χ4n) is 3.84. The number of pyridine rings is 1. The first-order valence-corrected chi connectivity index (χ1v) is 9.93. The van der Waals surface area contributed by atoms with Gasteiger partial charge in [-0.05, 0) is 42.0 Å². The number of benzene rings is 2. The van der Waals surface area contributed by atoms with Crippen molar-refractivity contribution in [2.24, 2.45) is 0 Å². The van der Waals surface area contributed by atoms with Crippen LogP contribution in [0.25, 0.3) is 10.9 Å². The number of anilines is 1. The zero-order valence-corrected chi connectivity index (χ0v) is 17.2. The van der Waals surface area contributed by atoms with Gasteiger partial charge in [-0.3, -0.25) is 9.69 Å². The molecule has 156 valence electrons. The summed E-state index contributed by atoms with van der Waals surface area (Å²) in [5.41, 5.74) is 2.67. The topological polar surface area (TPSA) is 74.9 Å². The third-order valence-corrected chi connectivity index (χ3v) is 5.57. The Labute approximate surface area is 174 Å². The van der Waals surface area contributed by atoms with Gasteiger partial charge in [-0.1, -0.05) is 6.07 Å². The van der Waals surface area contributed by atoms with Crippen LogP contribution in [0.3, 0.4) is 0 Å². The van der Waals surface area contributed by atoms with Crippen LogP contribution in [-0.4, -0.2) is 56.3 Å². The van der Waals surface area contributed by atoms with Gasteiger partial charge >= 0.3 is 5.97 Å². The molecule has 0 atom stereocenters. The van der Waals surface area contributed by atoms with Crippen molar-refractivity contribution < 1.29 is 14.3 Å². The highest BCUT2D eigenvalue weighted by Crippen LogP contribution is 2.21. The molecule has 0 radical (unpaired) electrons. The highest BCUT2D eigenvalue weighted by atomic mass is 16.5. The third kappa shape index (κ3) is 4.02. The van der Waals surface area contributed by atoms with Crippen LogP contribution in [0.5, 0.6) is 5.75 Å². The lowest BCUT2D eigenvalue weighted by Crippen LogP contribution is -2.45. The molecule has 7 heteroatoms. The highest BCUT2D eigenvalue weighted by Gasteiger charge is 2.18. The molecule has 0 bridgehead atoms. The van der Waals surface area contributed by atoms with Gasteiger partial charge in [0, 0.05) is 55.5 Å². The van der Waals surface area contributed by atoms with Gasteiger partial charge in [0.1, 0.15) is 11.3 Å². The lowest BCUT2D eigenvalue weighted by atomic mass is 10.1. The molecule has 0 spiro atoms. The van der Waals surface area contributed by atoms with Crippen LogP contribution in [-0.2, 0) is 11.3 Å². The Bertz CT molecular complexity index is 1100. The molecule has 7 nitrogen and oxygen atoms in total. The molecule has 1 fully saturated rings. The number of ether oxygens (including phenoxy) is 2. The van der Waals surface area contributed by atoms with Crippen molar-refractivity contribution >= 4 is 22.6 Å². The van der Waals surface area contributed by atoms with Crippen molar-refractivity contribution in [1.82, 2.24) is 9.88 Å². The Hall–Kier alpha value is -3.32. The standard InChI is InChI=1S/C23H25N3O4/c1-29-18-6-4-17(5-7-18)26-11-9-25(10-12-26)15-16-3-8-21-19(13-16)22(27)20(14-24-21)23(28)30-2/h3-8,13-14H,9-12,15H2,1-2H3,(H,24,27). The SMILES string of the molecule is COC(=O)c1c[nH]c2ccc(CN3CCN(c4ccc(OC)cc4)CC3)cc2c1=O. The molecule has 0 amide bonds. The second-order valence-corrected chi connectivity index (χ2v) is 7.36. The number of rotatable bonds is 5. The lowest BCUT2D eigenvalue weighted by molar-refractivity contribution is 0.0599. The van der Waals surface area contributed by atoms with Crippen molar-refractivity contribution in [2.45, 2.75) is 6.54 Å². The fraction of sp³-hybridized carbons (Fsp3) is 0.304. The van der Waals surface area contributed by atoms with Crippen molar-refractivity contribution in [3.63, 3.8) is 0 Å². The quantitative estimate of drug-likeness (QED) is 0.656. The maximum atomic E-state index is 12.7. The van der Waals surface area contributed by atoms with E-state index in [-0.39, 0.29) is 11.0 Å².